The zero-order chi connectivity index (χ0) is 17.8. The first-order valence-electron chi connectivity index (χ1n) is 8.64. The van der Waals surface area contributed by atoms with Crippen LogP contribution in [0.15, 0.2) is 12.3 Å². The van der Waals surface area contributed by atoms with Crippen molar-refractivity contribution in [3.63, 3.8) is 0 Å². The Kier molecular flexibility index (Phi) is 6.73. The third-order valence-corrected chi connectivity index (χ3v) is 5.02. The number of hydrogen-bond acceptors (Lipinski definition) is 6. The van der Waals surface area contributed by atoms with Crippen LogP contribution in [0.5, 0.6) is 0 Å². The van der Waals surface area contributed by atoms with Gasteiger partial charge in [0.15, 0.2) is 6.29 Å². The molecular weight excluding hydrogens is 311 g/mol. The molecule has 2 saturated heterocycles. The highest BCUT2D eigenvalue weighted by atomic mass is 16.7. The van der Waals surface area contributed by atoms with Crippen LogP contribution in [0.3, 0.4) is 0 Å². The van der Waals surface area contributed by atoms with E-state index in [2.05, 4.69) is 0 Å². The number of rotatable bonds is 7. The first-order chi connectivity index (χ1) is 11.3. The van der Waals surface area contributed by atoms with Gasteiger partial charge in [-0.05, 0) is 40.5 Å². The molecule has 0 unspecified atom stereocenters. The first-order valence-corrected chi connectivity index (χ1v) is 8.64. The Labute approximate surface area is 145 Å². The number of ether oxygens (including phenoxy) is 4. The summed E-state index contributed by atoms with van der Waals surface area (Å²) in [5.41, 5.74) is -0.613. The molecule has 2 aliphatic heterocycles. The van der Waals surface area contributed by atoms with Crippen molar-refractivity contribution in [2.24, 2.45) is 0 Å². The summed E-state index contributed by atoms with van der Waals surface area (Å²) < 4.78 is 34.2. The van der Waals surface area contributed by atoms with E-state index in [0.29, 0.717) is 12.9 Å². The van der Waals surface area contributed by atoms with E-state index < -0.39 is 6.29 Å². The van der Waals surface area contributed by atoms with Crippen LogP contribution < -0.4 is 0 Å². The Hall–Kier alpha value is -0.595. The summed E-state index contributed by atoms with van der Waals surface area (Å²) in [6.07, 6.45) is 5.42. The van der Waals surface area contributed by atoms with E-state index in [9.17, 15) is 0 Å². The minimum Gasteiger partial charge on any atom is -0.495 e. The molecule has 2 heterocycles. The molecule has 0 aliphatic carbocycles. The summed E-state index contributed by atoms with van der Waals surface area (Å²) in [5.74, 6) is 0. The Morgan fingerprint density at radius 3 is 2.33 bits per heavy atom. The van der Waals surface area contributed by atoms with Crippen molar-refractivity contribution in [2.45, 2.75) is 76.6 Å². The van der Waals surface area contributed by atoms with E-state index in [1.165, 1.54) is 0 Å². The molecule has 7 heteroatoms. The zero-order valence-corrected chi connectivity index (χ0v) is 15.7. The fourth-order valence-electron chi connectivity index (χ4n) is 2.92. The lowest BCUT2D eigenvalue weighted by Crippen LogP contribution is -2.45. The van der Waals surface area contributed by atoms with Crippen LogP contribution in [0.25, 0.3) is 0 Å². The molecule has 0 radical (unpaired) electrons. The molecular formula is C17H31BO6. The quantitative estimate of drug-likeness (QED) is 0.403. The second-order valence-corrected chi connectivity index (χ2v) is 7.29. The zero-order valence-electron chi connectivity index (χ0n) is 15.7. The van der Waals surface area contributed by atoms with Crippen LogP contribution in [0.2, 0.25) is 6.32 Å². The predicted octanol–water partition coefficient (Wildman–Crippen LogP) is 2.78. The van der Waals surface area contributed by atoms with Gasteiger partial charge >= 0.3 is 7.12 Å². The summed E-state index contributed by atoms with van der Waals surface area (Å²) in [7, 11) is 2.97. The van der Waals surface area contributed by atoms with Crippen molar-refractivity contribution in [3.05, 3.63) is 12.3 Å². The molecule has 24 heavy (non-hydrogen) atoms. The maximum absolute atomic E-state index is 5.96. The Morgan fingerprint density at radius 2 is 1.75 bits per heavy atom. The lowest BCUT2D eigenvalue weighted by molar-refractivity contribution is -0.221. The molecule has 0 N–H and O–H groups in total. The number of methoxy groups -OCH3 is 2. The lowest BCUT2D eigenvalue weighted by atomic mass is 9.85. The van der Waals surface area contributed by atoms with Gasteiger partial charge in [-0.1, -0.05) is 6.08 Å². The average molecular weight is 342 g/mol. The van der Waals surface area contributed by atoms with E-state index in [4.69, 9.17) is 28.3 Å². The molecule has 2 fully saturated rings. The minimum atomic E-state index is -0.424. The minimum absolute atomic E-state index is 0.0850. The maximum Gasteiger partial charge on any atom is 0.461 e. The Bertz CT molecular complexity index is 405. The molecule has 0 saturated carbocycles. The summed E-state index contributed by atoms with van der Waals surface area (Å²) in [5, 5.41) is 0. The van der Waals surface area contributed by atoms with E-state index in [0.717, 1.165) is 12.8 Å². The van der Waals surface area contributed by atoms with E-state index in [-0.39, 0.29) is 30.5 Å². The average Bonchev–Trinajstić information content (AvgIpc) is 2.73. The van der Waals surface area contributed by atoms with Gasteiger partial charge in [0.25, 0.3) is 0 Å². The van der Waals surface area contributed by atoms with Crippen molar-refractivity contribution >= 4 is 7.12 Å². The van der Waals surface area contributed by atoms with Gasteiger partial charge in [-0.2, -0.15) is 0 Å². The third kappa shape index (κ3) is 4.52. The van der Waals surface area contributed by atoms with E-state index >= 15 is 0 Å². The smallest absolute Gasteiger partial charge is 0.461 e. The van der Waals surface area contributed by atoms with Crippen molar-refractivity contribution < 1.29 is 28.3 Å². The summed E-state index contributed by atoms with van der Waals surface area (Å²) in [6, 6.07) is 0. The van der Waals surface area contributed by atoms with Crippen LogP contribution in [-0.4, -0.2) is 57.6 Å². The molecule has 0 spiro atoms. The SMILES string of the molecule is COC(OC)[C@@H]1OCCC[C@H]1O/C=C/CB1OC(C)(C)C(C)(C)O1. The van der Waals surface area contributed by atoms with Crippen molar-refractivity contribution in [1.82, 2.24) is 0 Å². The monoisotopic (exact) mass is 342 g/mol. The summed E-state index contributed by atoms with van der Waals surface area (Å²) >= 11 is 0. The van der Waals surface area contributed by atoms with Crippen LogP contribution in [0, 0.1) is 0 Å². The lowest BCUT2D eigenvalue weighted by Gasteiger charge is -2.34. The van der Waals surface area contributed by atoms with Crippen LogP contribution in [-0.2, 0) is 28.3 Å². The molecule has 0 bridgehead atoms. The molecule has 2 rings (SSSR count). The molecule has 6 nitrogen and oxygen atoms in total. The summed E-state index contributed by atoms with van der Waals surface area (Å²) in [6.45, 7) is 8.89. The highest BCUT2D eigenvalue weighted by molar-refractivity contribution is 6.46. The highest BCUT2D eigenvalue weighted by Gasteiger charge is 2.50. The molecule has 0 amide bonds. The second-order valence-electron chi connectivity index (χ2n) is 7.29. The standard InChI is InChI=1S/C17H31BO6/c1-16(2)17(3,4)24-18(23-16)10-8-12-21-13-9-7-11-22-14(13)15(19-5)20-6/h8,12-15H,7,9-11H2,1-6H3/b12-8+/t13-,14-/m1/s1. The van der Waals surface area contributed by atoms with Gasteiger partial charge in [0.2, 0.25) is 0 Å². The van der Waals surface area contributed by atoms with Gasteiger partial charge in [0, 0.05) is 27.1 Å². The predicted molar refractivity (Wildman–Crippen MR) is 91.7 cm³/mol. The van der Waals surface area contributed by atoms with E-state index in [1.54, 1.807) is 20.5 Å². The number of hydrogen-bond donors (Lipinski definition) is 0. The molecule has 138 valence electrons. The highest BCUT2D eigenvalue weighted by Crippen LogP contribution is 2.37. The molecule has 0 aromatic carbocycles. The van der Waals surface area contributed by atoms with Gasteiger partial charge in [0.1, 0.15) is 12.2 Å². The molecule has 2 aliphatic rings. The van der Waals surface area contributed by atoms with Gasteiger partial charge in [-0.15, -0.1) is 0 Å². The van der Waals surface area contributed by atoms with Crippen molar-refractivity contribution in [3.8, 4) is 0 Å². The second kappa shape index (κ2) is 8.19. The van der Waals surface area contributed by atoms with Crippen LogP contribution >= 0.6 is 0 Å². The molecule has 2 atom stereocenters. The Balaban J connectivity index is 1.82. The van der Waals surface area contributed by atoms with Crippen molar-refractivity contribution in [2.75, 3.05) is 20.8 Å². The van der Waals surface area contributed by atoms with Gasteiger partial charge in [0.05, 0.1) is 17.5 Å². The molecule has 0 aromatic heterocycles. The summed E-state index contributed by atoms with van der Waals surface area (Å²) in [4.78, 5) is 0. The number of allylic oxidation sites excluding steroid dienone is 1. The van der Waals surface area contributed by atoms with Crippen LogP contribution in [0.1, 0.15) is 40.5 Å². The topological polar surface area (TPSA) is 55.4 Å². The third-order valence-electron chi connectivity index (χ3n) is 5.02. The van der Waals surface area contributed by atoms with Gasteiger partial charge < -0.3 is 28.3 Å². The van der Waals surface area contributed by atoms with Crippen molar-refractivity contribution in [1.29, 1.82) is 0 Å². The van der Waals surface area contributed by atoms with Crippen LogP contribution in [0.4, 0.5) is 0 Å². The molecule has 0 aromatic rings. The van der Waals surface area contributed by atoms with E-state index in [1.807, 2.05) is 33.8 Å². The Morgan fingerprint density at radius 1 is 1.12 bits per heavy atom. The largest absolute Gasteiger partial charge is 0.495 e. The first kappa shape index (κ1) is 19.7. The maximum atomic E-state index is 5.96. The fraction of sp³-hybridized carbons (Fsp3) is 0.882. The van der Waals surface area contributed by atoms with Gasteiger partial charge in [-0.25, -0.2) is 0 Å². The normalized spacial score (nSPS) is 29.5. The fourth-order valence-corrected chi connectivity index (χ4v) is 2.92. The van der Waals surface area contributed by atoms with Gasteiger partial charge in [-0.3, -0.25) is 0 Å².